The average Bonchev–Trinajstić information content (AvgIpc) is 3.25. The number of allylic oxidation sites excluding steroid dienone is 22. The molecule has 0 aliphatic heterocycles. The summed E-state index contributed by atoms with van der Waals surface area (Å²) in [5, 5.41) is 0. The fraction of sp³-hybridized carbons (Fsp3) is 0.564. The van der Waals surface area contributed by atoms with Crippen LogP contribution < -0.4 is 0 Å². The predicted molar refractivity (Wildman–Crippen MR) is 260 cm³/mol. The van der Waals surface area contributed by atoms with Crippen molar-refractivity contribution in [2.75, 3.05) is 19.8 Å². The van der Waals surface area contributed by atoms with E-state index in [0.717, 1.165) is 103 Å². The molecule has 5 nitrogen and oxygen atoms in total. The van der Waals surface area contributed by atoms with E-state index in [2.05, 4.69) is 148 Å². The second-order valence-electron chi connectivity index (χ2n) is 14.9. The minimum atomic E-state index is -0.607. The molecule has 0 saturated heterocycles. The van der Waals surface area contributed by atoms with Crippen LogP contribution in [0, 0.1) is 0 Å². The van der Waals surface area contributed by atoms with Gasteiger partial charge >= 0.3 is 11.9 Å². The van der Waals surface area contributed by atoms with Crippen LogP contribution in [-0.2, 0) is 23.8 Å². The van der Waals surface area contributed by atoms with Gasteiger partial charge in [0, 0.05) is 19.4 Å². The van der Waals surface area contributed by atoms with Gasteiger partial charge in [-0.15, -0.1) is 0 Å². The molecule has 0 rings (SSSR count). The molecule has 336 valence electrons. The Labute approximate surface area is 369 Å². The Kier molecular flexibility index (Phi) is 46.1. The Morgan fingerprint density at radius 2 is 0.783 bits per heavy atom. The standard InChI is InChI=1S/C55H86O5/c1-4-7-10-13-16-19-22-24-25-26-27-28-29-30-32-35-38-41-44-47-50-58-51-53(60-55(57)49-46-43-40-37-33-21-18-15-12-9-6-3)52-59-54(56)48-45-42-39-36-34-31-23-20-17-14-11-8-5-2/h7-8,10-11,15-20,24-25,27-28,30-32,34,38-39,41-42,53H,4-6,9,12-14,21-23,26,29,33,35-37,40,43-52H2,1-3H3/b10-7-,11-8-,18-15-,19-16-,20-17-,25-24-,28-27-,32-30-,34-31-,41-38-,42-39-. The molecule has 0 radical (unpaired) electrons. The number of rotatable bonds is 41. The lowest BCUT2D eigenvalue weighted by atomic mass is 10.1. The summed E-state index contributed by atoms with van der Waals surface area (Å²) in [6.07, 6.45) is 70.5. The Bertz CT molecular complexity index is 1300. The van der Waals surface area contributed by atoms with E-state index in [0.29, 0.717) is 19.4 Å². The molecular formula is C55H86O5. The molecule has 0 saturated carbocycles. The number of hydrogen-bond acceptors (Lipinski definition) is 5. The average molecular weight is 827 g/mol. The molecule has 0 heterocycles. The first-order valence-corrected chi connectivity index (χ1v) is 23.7. The number of ether oxygens (including phenoxy) is 3. The van der Waals surface area contributed by atoms with Crippen LogP contribution in [0.1, 0.15) is 175 Å². The Morgan fingerprint density at radius 1 is 0.383 bits per heavy atom. The van der Waals surface area contributed by atoms with Crippen molar-refractivity contribution in [2.24, 2.45) is 0 Å². The molecule has 0 aromatic heterocycles. The van der Waals surface area contributed by atoms with E-state index in [1.54, 1.807) is 0 Å². The van der Waals surface area contributed by atoms with E-state index >= 15 is 0 Å². The van der Waals surface area contributed by atoms with Gasteiger partial charge in [0.15, 0.2) is 6.10 Å². The van der Waals surface area contributed by atoms with Crippen molar-refractivity contribution < 1.29 is 23.8 Å². The molecule has 0 aromatic carbocycles. The van der Waals surface area contributed by atoms with Gasteiger partial charge in [-0.25, -0.2) is 0 Å². The number of unbranched alkanes of at least 4 members (excludes halogenated alkanes) is 8. The lowest BCUT2D eigenvalue weighted by Crippen LogP contribution is -2.30. The van der Waals surface area contributed by atoms with Crippen LogP contribution in [-0.4, -0.2) is 37.9 Å². The van der Waals surface area contributed by atoms with Gasteiger partial charge in [-0.3, -0.25) is 9.59 Å². The summed E-state index contributed by atoms with van der Waals surface area (Å²) in [5.41, 5.74) is 0. The molecule has 1 unspecified atom stereocenters. The fourth-order valence-corrected chi connectivity index (χ4v) is 5.69. The zero-order valence-corrected chi connectivity index (χ0v) is 38.4. The van der Waals surface area contributed by atoms with Crippen LogP contribution in [0.15, 0.2) is 134 Å². The maximum Gasteiger partial charge on any atom is 0.306 e. The molecule has 0 fully saturated rings. The fourth-order valence-electron chi connectivity index (χ4n) is 5.69. The quantitative estimate of drug-likeness (QED) is 0.0349. The third kappa shape index (κ3) is 46.7. The third-order valence-electron chi connectivity index (χ3n) is 9.16. The molecule has 1 atom stereocenters. The van der Waals surface area contributed by atoms with Crippen LogP contribution in [0.3, 0.4) is 0 Å². The van der Waals surface area contributed by atoms with Gasteiger partial charge in [0.1, 0.15) is 6.61 Å². The summed E-state index contributed by atoms with van der Waals surface area (Å²) >= 11 is 0. The first kappa shape index (κ1) is 56.0. The highest BCUT2D eigenvalue weighted by atomic mass is 16.6. The van der Waals surface area contributed by atoms with E-state index in [1.165, 1.54) is 32.1 Å². The van der Waals surface area contributed by atoms with Crippen molar-refractivity contribution in [1.29, 1.82) is 0 Å². The second-order valence-corrected chi connectivity index (χ2v) is 14.9. The van der Waals surface area contributed by atoms with Crippen molar-refractivity contribution in [3.63, 3.8) is 0 Å². The number of carbonyl (C=O) groups excluding carboxylic acids is 2. The van der Waals surface area contributed by atoms with Gasteiger partial charge in [-0.05, 0) is 109 Å². The molecule has 0 aliphatic rings. The molecular weight excluding hydrogens is 741 g/mol. The highest BCUT2D eigenvalue weighted by molar-refractivity contribution is 5.70. The third-order valence-corrected chi connectivity index (χ3v) is 9.16. The van der Waals surface area contributed by atoms with E-state index in [-0.39, 0.29) is 31.6 Å². The Morgan fingerprint density at radius 3 is 1.28 bits per heavy atom. The monoisotopic (exact) mass is 827 g/mol. The molecule has 0 amide bonds. The zero-order valence-electron chi connectivity index (χ0n) is 38.4. The maximum absolute atomic E-state index is 12.7. The first-order valence-electron chi connectivity index (χ1n) is 23.7. The zero-order chi connectivity index (χ0) is 43.5. The van der Waals surface area contributed by atoms with Crippen LogP contribution >= 0.6 is 0 Å². The topological polar surface area (TPSA) is 61.8 Å². The molecule has 5 heteroatoms. The van der Waals surface area contributed by atoms with Gasteiger partial charge in [0.05, 0.1) is 6.61 Å². The Balaban J connectivity index is 4.47. The first-order chi connectivity index (χ1) is 29.6. The summed E-state index contributed by atoms with van der Waals surface area (Å²) in [5.74, 6) is -0.548. The lowest BCUT2D eigenvalue weighted by Gasteiger charge is -2.18. The molecule has 0 N–H and O–H groups in total. The van der Waals surface area contributed by atoms with E-state index < -0.39 is 6.10 Å². The largest absolute Gasteiger partial charge is 0.462 e. The minimum absolute atomic E-state index is 0.0116. The summed E-state index contributed by atoms with van der Waals surface area (Å²) in [4.78, 5) is 25.2. The summed E-state index contributed by atoms with van der Waals surface area (Å²) in [6, 6.07) is 0. The highest BCUT2D eigenvalue weighted by Crippen LogP contribution is 2.11. The second kappa shape index (κ2) is 49.4. The predicted octanol–water partition coefficient (Wildman–Crippen LogP) is 16.0. The van der Waals surface area contributed by atoms with E-state index in [9.17, 15) is 9.59 Å². The summed E-state index contributed by atoms with van der Waals surface area (Å²) < 4.78 is 17.2. The van der Waals surface area contributed by atoms with Crippen LogP contribution in [0.25, 0.3) is 0 Å². The number of hydrogen-bond donors (Lipinski definition) is 0. The molecule has 0 bridgehead atoms. The molecule has 0 spiro atoms. The normalized spacial score (nSPS) is 13.4. The maximum atomic E-state index is 12.7. The van der Waals surface area contributed by atoms with Crippen LogP contribution in [0.5, 0.6) is 0 Å². The van der Waals surface area contributed by atoms with Crippen molar-refractivity contribution in [3.05, 3.63) is 134 Å². The Hall–Kier alpha value is -3.96. The van der Waals surface area contributed by atoms with Crippen molar-refractivity contribution in [3.8, 4) is 0 Å². The summed E-state index contributed by atoms with van der Waals surface area (Å²) in [6.45, 7) is 7.29. The van der Waals surface area contributed by atoms with Crippen molar-refractivity contribution >= 4 is 11.9 Å². The smallest absolute Gasteiger partial charge is 0.306 e. The van der Waals surface area contributed by atoms with E-state index in [4.69, 9.17) is 14.2 Å². The van der Waals surface area contributed by atoms with Gasteiger partial charge in [0.2, 0.25) is 0 Å². The minimum Gasteiger partial charge on any atom is -0.462 e. The molecule has 0 aromatic rings. The van der Waals surface area contributed by atoms with Gasteiger partial charge < -0.3 is 14.2 Å². The summed E-state index contributed by atoms with van der Waals surface area (Å²) in [7, 11) is 0. The van der Waals surface area contributed by atoms with Crippen LogP contribution in [0.2, 0.25) is 0 Å². The van der Waals surface area contributed by atoms with Gasteiger partial charge in [0.25, 0.3) is 0 Å². The number of esters is 2. The lowest BCUT2D eigenvalue weighted by molar-refractivity contribution is -0.162. The number of carbonyl (C=O) groups is 2. The highest BCUT2D eigenvalue weighted by Gasteiger charge is 2.17. The van der Waals surface area contributed by atoms with Crippen molar-refractivity contribution in [1.82, 2.24) is 0 Å². The van der Waals surface area contributed by atoms with Crippen LogP contribution in [0.4, 0.5) is 0 Å². The van der Waals surface area contributed by atoms with Gasteiger partial charge in [-0.2, -0.15) is 0 Å². The SMILES string of the molecule is CC/C=C\C/C=C\C/C=C\C/C=C\C/C=C\C/C=C\CCCOCC(COC(=O)CC/C=C\C/C=C\C/C=C\C/C=C\CC)OC(=O)CCCCCCC/C=C\CCCC. The van der Waals surface area contributed by atoms with Crippen molar-refractivity contribution in [2.45, 2.75) is 181 Å². The van der Waals surface area contributed by atoms with E-state index in [1.807, 2.05) is 6.08 Å². The van der Waals surface area contributed by atoms with Gasteiger partial charge in [-0.1, -0.05) is 187 Å². The molecule has 60 heavy (non-hydrogen) atoms. The molecule has 0 aliphatic carbocycles.